The number of hydrogen-bond acceptors (Lipinski definition) is 6. The Kier molecular flexibility index (Phi) is 6.84. The van der Waals surface area contributed by atoms with Gasteiger partial charge in [-0.25, -0.2) is 0 Å². The molecule has 2 heterocycles. The van der Waals surface area contributed by atoms with Crippen molar-refractivity contribution in [3.05, 3.63) is 28.8 Å². The molecule has 0 atom stereocenters. The summed E-state index contributed by atoms with van der Waals surface area (Å²) in [6, 6.07) is 3.45. The van der Waals surface area contributed by atoms with Crippen molar-refractivity contribution in [2.45, 2.75) is 6.42 Å². The minimum atomic E-state index is -0.282. The maximum absolute atomic E-state index is 11.8. The molecule has 1 fully saturated rings. The molecule has 0 spiro atoms. The molecule has 24 heavy (non-hydrogen) atoms. The highest BCUT2D eigenvalue weighted by Gasteiger charge is 2.11. The number of methoxy groups -OCH3 is 1. The SMILES string of the molecule is COc1cc2c(=O)nc[nH]c2cc1OCCCN1CCOCC1.Cl. The highest BCUT2D eigenvalue weighted by molar-refractivity contribution is 5.85. The Balaban J connectivity index is 0.00000208. The summed E-state index contributed by atoms with van der Waals surface area (Å²) in [5, 5.41) is 0.491. The third-order valence-corrected chi connectivity index (χ3v) is 3.92. The maximum atomic E-state index is 11.8. The van der Waals surface area contributed by atoms with Gasteiger partial charge in [0.2, 0.25) is 0 Å². The van der Waals surface area contributed by atoms with Gasteiger partial charge >= 0.3 is 0 Å². The molecule has 0 bridgehead atoms. The summed E-state index contributed by atoms with van der Waals surface area (Å²) in [6.07, 6.45) is 2.31. The predicted octanol–water partition coefficient (Wildman–Crippen LogP) is 1.45. The van der Waals surface area contributed by atoms with E-state index in [-0.39, 0.29) is 18.0 Å². The zero-order valence-corrected chi connectivity index (χ0v) is 14.4. The van der Waals surface area contributed by atoms with Gasteiger partial charge in [-0.05, 0) is 12.5 Å². The molecular formula is C16H22ClN3O4. The maximum Gasteiger partial charge on any atom is 0.280 e. The van der Waals surface area contributed by atoms with Gasteiger partial charge in [-0.1, -0.05) is 0 Å². The number of rotatable bonds is 6. The largest absolute Gasteiger partial charge is 0.493 e. The van der Waals surface area contributed by atoms with Crippen molar-refractivity contribution in [1.82, 2.24) is 14.9 Å². The second-order valence-electron chi connectivity index (χ2n) is 5.41. The van der Waals surface area contributed by atoms with E-state index in [9.17, 15) is 4.79 Å². The molecule has 0 radical (unpaired) electrons. The normalized spacial score (nSPS) is 15.0. The molecule has 1 aliphatic heterocycles. The van der Waals surface area contributed by atoms with Crippen LogP contribution in [0.4, 0.5) is 0 Å². The molecule has 0 unspecified atom stereocenters. The lowest BCUT2D eigenvalue weighted by Crippen LogP contribution is -2.37. The van der Waals surface area contributed by atoms with E-state index < -0.39 is 0 Å². The summed E-state index contributed by atoms with van der Waals surface area (Å²) >= 11 is 0. The van der Waals surface area contributed by atoms with Crippen LogP contribution in [0.2, 0.25) is 0 Å². The van der Waals surface area contributed by atoms with Crippen LogP contribution >= 0.6 is 12.4 Å². The number of H-pyrrole nitrogens is 1. The van der Waals surface area contributed by atoms with Crippen LogP contribution in [0, 0.1) is 0 Å². The van der Waals surface area contributed by atoms with E-state index in [0.717, 1.165) is 39.3 Å². The van der Waals surface area contributed by atoms with Crippen molar-refractivity contribution < 1.29 is 14.2 Å². The average Bonchev–Trinajstić information content (AvgIpc) is 2.59. The number of nitrogens with one attached hydrogen (secondary N) is 1. The molecule has 1 aromatic heterocycles. The van der Waals surface area contributed by atoms with Crippen molar-refractivity contribution in [2.75, 3.05) is 46.6 Å². The lowest BCUT2D eigenvalue weighted by Gasteiger charge is -2.26. The molecule has 8 heteroatoms. The topological polar surface area (TPSA) is 76.7 Å². The van der Waals surface area contributed by atoms with E-state index in [1.807, 2.05) is 0 Å². The Morgan fingerprint density at radius 3 is 2.83 bits per heavy atom. The smallest absolute Gasteiger partial charge is 0.280 e. The molecule has 132 valence electrons. The van der Waals surface area contributed by atoms with Gasteiger partial charge in [-0.2, -0.15) is 4.98 Å². The fraction of sp³-hybridized carbons (Fsp3) is 0.500. The van der Waals surface area contributed by atoms with Crippen molar-refractivity contribution >= 4 is 23.3 Å². The van der Waals surface area contributed by atoms with Gasteiger partial charge in [0.25, 0.3) is 5.56 Å². The van der Waals surface area contributed by atoms with Crippen LogP contribution in [-0.4, -0.2) is 61.4 Å². The molecule has 1 aromatic carbocycles. The predicted molar refractivity (Wildman–Crippen MR) is 93.5 cm³/mol. The molecule has 1 aliphatic rings. The Hall–Kier alpha value is -1.83. The number of nitrogens with zero attached hydrogens (tertiary/aromatic N) is 2. The Labute approximate surface area is 146 Å². The van der Waals surface area contributed by atoms with Crippen LogP contribution in [-0.2, 0) is 4.74 Å². The number of aromatic nitrogens is 2. The summed E-state index contributed by atoms with van der Waals surface area (Å²) in [5.74, 6) is 1.17. The van der Waals surface area contributed by atoms with Crippen LogP contribution in [0.25, 0.3) is 10.9 Å². The first-order chi connectivity index (χ1) is 11.3. The van der Waals surface area contributed by atoms with Gasteiger partial charge in [0, 0.05) is 25.7 Å². The molecular weight excluding hydrogens is 334 g/mol. The third-order valence-electron chi connectivity index (χ3n) is 3.92. The van der Waals surface area contributed by atoms with Gasteiger partial charge in [-0.3, -0.25) is 9.69 Å². The van der Waals surface area contributed by atoms with Crippen LogP contribution in [0.3, 0.4) is 0 Å². The third kappa shape index (κ3) is 4.37. The average molecular weight is 356 g/mol. The highest BCUT2D eigenvalue weighted by Crippen LogP contribution is 2.30. The van der Waals surface area contributed by atoms with Gasteiger partial charge in [0.15, 0.2) is 11.5 Å². The van der Waals surface area contributed by atoms with Crippen molar-refractivity contribution in [3.8, 4) is 11.5 Å². The van der Waals surface area contributed by atoms with Crippen LogP contribution in [0.1, 0.15) is 6.42 Å². The number of benzene rings is 1. The quantitative estimate of drug-likeness (QED) is 0.790. The summed E-state index contributed by atoms with van der Waals surface area (Å²) in [7, 11) is 1.56. The summed E-state index contributed by atoms with van der Waals surface area (Å²) in [6.45, 7) is 5.15. The Morgan fingerprint density at radius 2 is 2.08 bits per heavy atom. The van der Waals surface area contributed by atoms with Crippen molar-refractivity contribution in [2.24, 2.45) is 0 Å². The monoisotopic (exact) mass is 355 g/mol. The van der Waals surface area contributed by atoms with Crippen LogP contribution in [0.5, 0.6) is 11.5 Å². The van der Waals surface area contributed by atoms with E-state index in [0.29, 0.717) is 29.0 Å². The second kappa shape index (κ2) is 8.86. The number of fused-ring (bicyclic) bond motifs is 1. The van der Waals surface area contributed by atoms with E-state index >= 15 is 0 Å². The summed E-state index contributed by atoms with van der Waals surface area (Å²) in [5.41, 5.74) is 0.407. The molecule has 1 N–H and O–H groups in total. The Morgan fingerprint density at radius 1 is 1.29 bits per heavy atom. The van der Waals surface area contributed by atoms with Crippen LogP contribution < -0.4 is 15.0 Å². The fourth-order valence-electron chi connectivity index (χ4n) is 2.65. The first kappa shape index (κ1) is 18.5. The Bertz CT molecular complexity index is 716. The molecule has 2 aromatic rings. The van der Waals surface area contributed by atoms with E-state index in [1.165, 1.54) is 6.33 Å². The number of halogens is 1. The molecule has 0 amide bonds. The lowest BCUT2D eigenvalue weighted by molar-refractivity contribution is 0.0357. The minimum Gasteiger partial charge on any atom is -0.493 e. The van der Waals surface area contributed by atoms with E-state index in [2.05, 4.69) is 14.9 Å². The standard InChI is InChI=1S/C16H21N3O4.ClH/c1-21-14-9-12-13(17-11-18-16(12)20)10-15(14)23-6-2-3-19-4-7-22-8-5-19;/h9-11H,2-8H2,1H3,(H,17,18,20);1H. The summed E-state index contributed by atoms with van der Waals surface area (Å²) < 4.78 is 16.5. The van der Waals surface area contributed by atoms with Gasteiger partial charge in [0.05, 0.1) is 44.2 Å². The molecule has 0 aliphatic carbocycles. The van der Waals surface area contributed by atoms with Gasteiger partial charge < -0.3 is 19.2 Å². The van der Waals surface area contributed by atoms with E-state index in [4.69, 9.17) is 14.2 Å². The van der Waals surface area contributed by atoms with Gasteiger partial charge in [0.1, 0.15) is 0 Å². The minimum absolute atomic E-state index is 0. The number of ether oxygens (including phenoxy) is 3. The van der Waals surface area contributed by atoms with Gasteiger partial charge in [-0.15, -0.1) is 12.4 Å². The molecule has 1 saturated heterocycles. The van der Waals surface area contributed by atoms with E-state index in [1.54, 1.807) is 19.2 Å². The second-order valence-corrected chi connectivity index (χ2v) is 5.41. The zero-order chi connectivity index (χ0) is 16.1. The number of hydrogen-bond donors (Lipinski definition) is 1. The summed E-state index contributed by atoms with van der Waals surface area (Å²) in [4.78, 5) is 20.8. The highest BCUT2D eigenvalue weighted by atomic mass is 35.5. The van der Waals surface area contributed by atoms with Crippen LogP contribution in [0.15, 0.2) is 23.3 Å². The first-order valence-corrected chi connectivity index (χ1v) is 7.76. The molecule has 3 rings (SSSR count). The van der Waals surface area contributed by atoms with Crippen molar-refractivity contribution in [3.63, 3.8) is 0 Å². The lowest BCUT2D eigenvalue weighted by atomic mass is 10.2. The molecule has 7 nitrogen and oxygen atoms in total. The molecule has 0 saturated carbocycles. The number of morpholine rings is 1. The fourth-order valence-corrected chi connectivity index (χ4v) is 2.65. The van der Waals surface area contributed by atoms with Crippen molar-refractivity contribution in [1.29, 1.82) is 0 Å². The number of aromatic amines is 1. The zero-order valence-electron chi connectivity index (χ0n) is 13.6. The first-order valence-electron chi connectivity index (χ1n) is 7.76.